The van der Waals surface area contributed by atoms with Gasteiger partial charge in [0.1, 0.15) is 18.0 Å². The summed E-state index contributed by atoms with van der Waals surface area (Å²) >= 11 is 2.26. The minimum atomic E-state index is -0.515. The van der Waals surface area contributed by atoms with E-state index in [1.807, 2.05) is 26.8 Å². The highest BCUT2D eigenvalue weighted by molar-refractivity contribution is 14.1. The number of nitrogens with one attached hydrogen (secondary N) is 1. The lowest BCUT2D eigenvalue weighted by atomic mass is 10.00. The summed E-state index contributed by atoms with van der Waals surface area (Å²) < 4.78 is 12.6. The van der Waals surface area contributed by atoms with Gasteiger partial charge in [-0.05, 0) is 74.3 Å². The smallest absolute Gasteiger partial charge is 0.410 e. The molecule has 0 bridgehead atoms. The molecule has 1 aliphatic carbocycles. The number of aromatic nitrogens is 1. The maximum Gasteiger partial charge on any atom is 0.410 e. The molecule has 0 unspecified atom stereocenters. The van der Waals surface area contributed by atoms with Crippen LogP contribution in [0.1, 0.15) is 45.6 Å². The van der Waals surface area contributed by atoms with E-state index in [-0.39, 0.29) is 18.0 Å². The van der Waals surface area contributed by atoms with Gasteiger partial charge in [-0.25, -0.2) is 4.79 Å². The molecule has 1 aromatic heterocycles. The lowest BCUT2D eigenvalue weighted by Gasteiger charge is -2.41. The fourth-order valence-corrected chi connectivity index (χ4v) is 5.00. The van der Waals surface area contributed by atoms with Crippen LogP contribution in [-0.2, 0) is 9.53 Å². The van der Waals surface area contributed by atoms with E-state index in [1.165, 1.54) is 5.57 Å². The molecule has 1 N–H and O–H groups in total. The van der Waals surface area contributed by atoms with Crippen molar-refractivity contribution in [3.8, 4) is 5.75 Å². The average Bonchev–Trinajstić information content (AvgIpc) is 2.97. The van der Waals surface area contributed by atoms with Crippen molar-refractivity contribution < 1.29 is 19.1 Å². The summed E-state index contributed by atoms with van der Waals surface area (Å²) in [5.74, 6) is 0.688. The number of carbonyl (C=O) groups is 2. The maximum absolute atomic E-state index is 12.3. The van der Waals surface area contributed by atoms with E-state index in [2.05, 4.69) is 32.9 Å². The molecule has 2 amide bonds. The molecule has 4 rings (SSSR count). The Kier molecular flexibility index (Phi) is 5.78. The molecule has 0 spiro atoms. The summed E-state index contributed by atoms with van der Waals surface area (Å²) in [5.41, 5.74) is 3.55. The largest absolute Gasteiger partial charge is 0.489 e. The monoisotopic (exact) mass is 523 g/mol. The third-order valence-corrected chi connectivity index (χ3v) is 6.67. The molecule has 2 aliphatic heterocycles. The summed E-state index contributed by atoms with van der Waals surface area (Å²) in [7, 11) is 0. The summed E-state index contributed by atoms with van der Waals surface area (Å²) in [5, 5.41) is 2.93. The minimum absolute atomic E-state index is 0.00893. The number of nitrogens with zero attached hydrogens (tertiary/aromatic N) is 2. The Morgan fingerprint density at radius 3 is 2.87 bits per heavy atom. The molecule has 0 radical (unpaired) electrons. The van der Waals surface area contributed by atoms with Crippen molar-refractivity contribution in [2.75, 3.05) is 19.7 Å². The summed E-state index contributed by atoms with van der Waals surface area (Å²) in [6.07, 6.45) is 5.67. The Morgan fingerprint density at radius 2 is 2.20 bits per heavy atom. The van der Waals surface area contributed by atoms with Crippen LogP contribution in [0.25, 0.3) is 5.57 Å². The molecule has 160 valence electrons. The molecule has 1 aromatic rings. The molecule has 1 atom stereocenters. The lowest BCUT2D eigenvalue weighted by Crippen LogP contribution is -2.55. The molecule has 1 fully saturated rings. The van der Waals surface area contributed by atoms with Crippen molar-refractivity contribution in [1.29, 1.82) is 0 Å². The fraction of sp³-hybridized carbons (Fsp3) is 0.500. The van der Waals surface area contributed by atoms with Crippen molar-refractivity contribution in [3.63, 3.8) is 0 Å². The highest BCUT2D eigenvalue weighted by Gasteiger charge is 2.36. The predicted octanol–water partition coefficient (Wildman–Crippen LogP) is 3.84. The van der Waals surface area contributed by atoms with E-state index in [0.29, 0.717) is 25.4 Å². The highest BCUT2D eigenvalue weighted by atomic mass is 127. The maximum atomic E-state index is 12.3. The lowest BCUT2D eigenvalue weighted by molar-refractivity contribution is -0.117. The molecule has 7 nitrogen and oxygen atoms in total. The quantitative estimate of drug-likeness (QED) is 0.607. The number of allylic oxidation sites excluding steroid dienone is 1. The van der Waals surface area contributed by atoms with Gasteiger partial charge >= 0.3 is 6.09 Å². The number of likely N-dealkylation sites (tertiary alicyclic amines) is 1. The van der Waals surface area contributed by atoms with Crippen LogP contribution in [0.5, 0.6) is 5.75 Å². The molecular formula is C22H26IN3O4. The van der Waals surface area contributed by atoms with Gasteiger partial charge in [0.2, 0.25) is 0 Å². The van der Waals surface area contributed by atoms with Crippen molar-refractivity contribution in [2.24, 2.45) is 0 Å². The number of pyridine rings is 1. The van der Waals surface area contributed by atoms with Gasteiger partial charge in [0.15, 0.2) is 0 Å². The van der Waals surface area contributed by atoms with Crippen LogP contribution in [-0.4, -0.2) is 53.2 Å². The minimum Gasteiger partial charge on any atom is -0.489 e. The summed E-state index contributed by atoms with van der Waals surface area (Å²) in [4.78, 5) is 30.6. The second-order valence-corrected chi connectivity index (χ2v) is 9.83. The summed E-state index contributed by atoms with van der Waals surface area (Å²) in [6, 6.07) is 1.92. The first-order valence-electron chi connectivity index (χ1n) is 10.2. The Morgan fingerprint density at radius 1 is 1.40 bits per heavy atom. The van der Waals surface area contributed by atoms with E-state index >= 15 is 0 Å². The SMILES string of the molecule is CC(C)(C)OC(=O)N1CC[C@@H]1COc1cnccc1C1=C(I)C2=C(CCNC2=O)C1. The van der Waals surface area contributed by atoms with Gasteiger partial charge in [-0.1, -0.05) is 5.57 Å². The number of halogens is 1. The van der Waals surface area contributed by atoms with Crippen LogP contribution in [0.4, 0.5) is 4.79 Å². The number of hydrogen-bond donors (Lipinski definition) is 1. The third kappa shape index (κ3) is 4.19. The second kappa shape index (κ2) is 8.20. The van der Waals surface area contributed by atoms with Crippen LogP contribution in [0.2, 0.25) is 0 Å². The van der Waals surface area contributed by atoms with Gasteiger partial charge in [0.05, 0.1) is 17.8 Å². The summed E-state index contributed by atoms with van der Waals surface area (Å²) in [6.45, 7) is 7.35. The Labute approximate surface area is 190 Å². The van der Waals surface area contributed by atoms with Crippen molar-refractivity contribution in [3.05, 3.63) is 38.7 Å². The van der Waals surface area contributed by atoms with Crippen LogP contribution in [0, 0.1) is 0 Å². The number of rotatable bonds is 4. The van der Waals surface area contributed by atoms with E-state index in [4.69, 9.17) is 9.47 Å². The first-order valence-corrected chi connectivity index (χ1v) is 11.3. The number of carbonyl (C=O) groups excluding carboxylic acids is 2. The molecule has 1 saturated heterocycles. The molecular weight excluding hydrogens is 497 g/mol. The highest BCUT2D eigenvalue weighted by Crippen LogP contribution is 2.46. The first kappa shape index (κ1) is 21.1. The van der Waals surface area contributed by atoms with Crippen LogP contribution in [0.15, 0.2) is 33.2 Å². The number of hydrogen-bond acceptors (Lipinski definition) is 5. The first-order chi connectivity index (χ1) is 14.2. The van der Waals surface area contributed by atoms with Gasteiger partial charge in [-0.3, -0.25) is 9.78 Å². The van der Waals surface area contributed by atoms with E-state index < -0.39 is 5.60 Å². The van der Waals surface area contributed by atoms with Crippen molar-refractivity contribution >= 4 is 40.2 Å². The van der Waals surface area contributed by atoms with Crippen LogP contribution < -0.4 is 10.1 Å². The molecule has 3 aliphatic rings. The fourth-order valence-electron chi connectivity index (χ4n) is 3.89. The van der Waals surface area contributed by atoms with Gasteiger partial charge in [0.25, 0.3) is 5.91 Å². The average molecular weight is 523 g/mol. The third-order valence-electron chi connectivity index (χ3n) is 5.48. The Bertz CT molecular complexity index is 948. The Hall–Kier alpha value is -2.10. The predicted molar refractivity (Wildman–Crippen MR) is 121 cm³/mol. The molecule has 3 heterocycles. The number of amides is 2. The van der Waals surface area contributed by atoms with Gasteiger partial charge in [-0.15, -0.1) is 0 Å². The van der Waals surface area contributed by atoms with E-state index in [0.717, 1.165) is 39.6 Å². The van der Waals surface area contributed by atoms with Gasteiger partial charge < -0.3 is 19.7 Å². The standard InChI is InChI=1S/C22H26IN3O4/c1-22(2,3)30-21(28)26-9-6-14(26)12-29-17-11-24-7-5-15(17)16-10-13-4-8-25-20(27)18(13)19(16)23/h5,7,11,14H,4,6,8-10,12H2,1-3H3,(H,25,27)/t14-/m1/s1. The topological polar surface area (TPSA) is 80.8 Å². The zero-order chi connectivity index (χ0) is 21.5. The zero-order valence-electron chi connectivity index (χ0n) is 17.5. The Balaban J connectivity index is 1.47. The molecule has 8 heteroatoms. The zero-order valence-corrected chi connectivity index (χ0v) is 19.6. The van der Waals surface area contributed by atoms with E-state index in [9.17, 15) is 9.59 Å². The van der Waals surface area contributed by atoms with Crippen molar-refractivity contribution in [1.82, 2.24) is 15.2 Å². The second-order valence-electron chi connectivity index (χ2n) is 8.75. The van der Waals surface area contributed by atoms with Gasteiger partial charge in [-0.2, -0.15) is 0 Å². The number of ether oxygens (including phenoxy) is 2. The van der Waals surface area contributed by atoms with Crippen LogP contribution >= 0.6 is 22.6 Å². The molecule has 0 aromatic carbocycles. The molecule has 0 saturated carbocycles. The van der Waals surface area contributed by atoms with Gasteiger partial charge in [0, 0.05) is 28.4 Å². The van der Waals surface area contributed by atoms with Crippen LogP contribution in [0.3, 0.4) is 0 Å². The molecule has 30 heavy (non-hydrogen) atoms. The normalized spacial score (nSPS) is 21.3. The van der Waals surface area contributed by atoms with Crippen molar-refractivity contribution in [2.45, 2.75) is 51.7 Å². The van der Waals surface area contributed by atoms with E-state index in [1.54, 1.807) is 17.3 Å².